The van der Waals surface area contributed by atoms with Crippen molar-refractivity contribution in [2.24, 2.45) is 0 Å². The number of hydrogen-bond donors (Lipinski definition) is 1. The van der Waals surface area contributed by atoms with Crippen molar-refractivity contribution in [2.45, 2.75) is 26.4 Å². The molecule has 0 aromatic heterocycles. The third-order valence-electron chi connectivity index (χ3n) is 3.91. The van der Waals surface area contributed by atoms with Crippen LogP contribution in [0.4, 0.5) is 0 Å². The normalized spacial score (nSPS) is 11.8. The second kappa shape index (κ2) is 9.08. The van der Waals surface area contributed by atoms with Gasteiger partial charge in [0.05, 0.1) is 13.2 Å². The predicted molar refractivity (Wildman–Crippen MR) is 95.5 cm³/mol. The van der Waals surface area contributed by atoms with E-state index in [4.69, 9.17) is 9.47 Å². The molecule has 0 aliphatic carbocycles. The summed E-state index contributed by atoms with van der Waals surface area (Å²) in [7, 11) is 1.61. The molecule has 0 heterocycles. The highest BCUT2D eigenvalue weighted by atomic mass is 16.5. The molecule has 0 bridgehead atoms. The fourth-order valence-electron chi connectivity index (χ4n) is 2.42. The van der Waals surface area contributed by atoms with Gasteiger partial charge in [-0.25, -0.2) is 0 Å². The van der Waals surface area contributed by atoms with Gasteiger partial charge in [-0.15, -0.1) is 0 Å². The second-order valence-electron chi connectivity index (χ2n) is 5.72. The molecule has 128 valence electrons. The first-order valence-electron chi connectivity index (χ1n) is 8.21. The lowest BCUT2D eigenvalue weighted by Gasteiger charge is -2.13. The molecule has 1 N–H and O–H groups in total. The van der Waals surface area contributed by atoms with Gasteiger partial charge in [-0.1, -0.05) is 36.4 Å². The maximum Gasteiger partial charge on any atom is 0.251 e. The molecule has 0 saturated carbocycles. The Morgan fingerprint density at radius 1 is 1.17 bits per heavy atom. The van der Waals surface area contributed by atoms with Crippen molar-refractivity contribution in [2.75, 3.05) is 20.3 Å². The molecule has 2 aromatic rings. The molecule has 2 aromatic carbocycles. The van der Waals surface area contributed by atoms with Crippen molar-refractivity contribution < 1.29 is 14.3 Å². The van der Waals surface area contributed by atoms with E-state index in [0.29, 0.717) is 18.7 Å². The zero-order chi connectivity index (χ0) is 17.4. The van der Waals surface area contributed by atoms with Gasteiger partial charge in [-0.3, -0.25) is 4.79 Å². The number of amides is 1. The molecule has 0 spiro atoms. The van der Waals surface area contributed by atoms with Crippen LogP contribution in [-0.4, -0.2) is 26.2 Å². The molecule has 0 radical (unpaired) electrons. The standard InChI is InChI=1S/C20H25NO3/c1-15-10-11-18(14-19(15)23-3)20(22)21-12-7-13-24-16(2)17-8-5-4-6-9-17/h4-6,8-11,14,16H,7,12-13H2,1-3H3,(H,21,22). The summed E-state index contributed by atoms with van der Waals surface area (Å²) >= 11 is 0. The molecule has 1 atom stereocenters. The number of ether oxygens (including phenoxy) is 2. The minimum atomic E-state index is -0.0931. The van der Waals surface area contributed by atoms with E-state index in [-0.39, 0.29) is 12.0 Å². The molecular weight excluding hydrogens is 302 g/mol. The number of hydrogen-bond acceptors (Lipinski definition) is 3. The smallest absolute Gasteiger partial charge is 0.251 e. The Kier molecular flexibility index (Phi) is 6.82. The number of methoxy groups -OCH3 is 1. The number of rotatable bonds is 8. The van der Waals surface area contributed by atoms with Crippen LogP contribution in [0.5, 0.6) is 5.75 Å². The van der Waals surface area contributed by atoms with Crippen molar-refractivity contribution in [3.63, 3.8) is 0 Å². The zero-order valence-electron chi connectivity index (χ0n) is 14.5. The topological polar surface area (TPSA) is 47.6 Å². The third kappa shape index (κ3) is 5.10. The lowest BCUT2D eigenvalue weighted by atomic mass is 10.1. The van der Waals surface area contributed by atoms with Crippen LogP contribution in [-0.2, 0) is 4.74 Å². The summed E-state index contributed by atoms with van der Waals surface area (Å²) in [5.41, 5.74) is 2.78. The van der Waals surface area contributed by atoms with Crippen LogP contribution in [0, 0.1) is 6.92 Å². The molecule has 0 aliphatic heterocycles. The van der Waals surface area contributed by atoms with Gasteiger partial charge in [0.1, 0.15) is 5.75 Å². The highest BCUT2D eigenvalue weighted by Gasteiger charge is 2.08. The molecule has 1 unspecified atom stereocenters. The van der Waals surface area contributed by atoms with Gasteiger partial charge in [0.2, 0.25) is 0 Å². The lowest BCUT2D eigenvalue weighted by molar-refractivity contribution is 0.0635. The van der Waals surface area contributed by atoms with Crippen LogP contribution < -0.4 is 10.1 Å². The number of carbonyl (C=O) groups excluding carboxylic acids is 1. The fraction of sp³-hybridized carbons (Fsp3) is 0.350. The van der Waals surface area contributed by atoms with E-state index in [9.17, 15) is 4.79 Å². The van der Waals surface area contributed by atoms with Crippen molar-refractivity contribution >= 4 is 5.91 Å². The largest absolute Gasteiger partial charge is 0.496 e. The Bertz CT molecular complexity index is 655. The Morgan fingerprint density at radius 3 is 2.62 bits per heavy atom. The van der Waals surface area contributed by atoms with Crippen molar-refractivity contribution in [3.05, 3.63) is 65.2 Å². The van der Waals surface area contributed by atoms with Crippen LogP contribution in [0.2, 0.25) is 0 Å². The Labute approximate surface area is 143 Å². The SMILES string of the molecule is COc1cc(C(=O)NCCCOC(C)c2ccccc2)ccc1C. The zero-order valence-corrected chi connectivity index (χ0v) is 14.5. The summed E-state index contributed by atoms with van der Waals surface area (Å²) < 4.78 is 11.0. The first-order valence-corrected chi connectivity index (χ1v) is 8.21. The Morgan fingerprint density at radius 2 is 1.92 bits per heavy atom. The quantitative estimate of drug-likeness (QED) is 0.748. The van der Waals surface area contributed by atoms with Crippen molar-refractivity contribution in [3.8, 4) is 5.75 Å². The summed E-state index contributed by atoms with van der Waals surface area (Å²) in [4.78, 5) is 12.1. The highest BCUT2D eigenvalue weighted by molar-refractivity contribution is 5.94. The molecular formula is C20H25NO3. The van der Waals surface area contributed by atoms with E-state index in [1.807, 2.05) is 38.1 Å². The number of aryl methyl sites for hydroxylation is 1. The van der Waals surface area contributed by atoms with Gasteiger partial charge in [-0.2, -0.15) is 0 Å². The molecule has 0 fully saturated rings. The van der Waals surface area contributed by atoms with Crippen LogP contribution in [0.15, 0.2) is 48.5 Å². The van der Waals surface area contributed by atoms with Gasteiger partial charge in [-0.05, 0) is 43.5 Å². The summed E-state index contributed by atoms with van der Waals surface area (Å²) in [6, 6.07) is 15.6. The first kappa shape index (κ1) is 18.0. The highest BCUT2D eigenvalue weighted by Crippen LogP contribution is 2.19. The van der Waals surface area contributed by atoms with E-state index >= 15 is 0 Å². The second-order valence-corrected chi connectivity index (χ2v) is 5.72. The van der Waals surface area contributed by atoms with Crippen LogP contribution in [0.1, 0.15) is 40.9 Å². The molecule has 0 aliphatic rings. The minimum Gasteiger partial charge on any atom is -0.496 e. The number of nitrogens with one attached hydrogen (secondary N) is 1. The maximum atomic E-state index is 12.1. The monoisotopic (exact) mass is 327 g/mol. The van der Waals surface area contributed by atoms with Crippen LogP contribution in [0.3, 0.4) is 0 Å². The van der Waals surface area contributed by atoms with E-state index < -0.39 is 0 Å². The summed E-state index contributed by atoms with van der Waals surface area (Å²) in [6.07, 6.45) is 0.828. The van der Waals surface area contributed by atoms with Gasteiger partial charge >= 0.3 is 0 Å². The van der Waals surface area contributed by atoms with Gasteiger partial charge < -0.3 is 14.8 Å². The van der Waals surface area contributed by atoms with Gasteiger partial charge in [0.25, 0.3) is 5.91 Å². The summed E-state index contributed by atoms with van der Waals surface area (Å²) in [5, 5.41) is 2.91. The van der Waals surface area contributed by atoms with Crippen LogP contribution in [0.25, 0.3) is 0 Å². The summed E-state index contributed by atoms with van der Waals surface area (Å²) in [5.74, 6) is 0.632. The summed E-state index contributed by atoms with van der Waals surface area (Å²) in [6.45, 7) is 5.17. The molecule has 1 amide bonds. The van der Waals surface area contributed by atoms with E-state index in [2.05, 4.69) is 17.4 Å². The number of carbonyl (C=O) groups is 1. The molecule has 4 heteroatoms. The molecule has 0 saturated heterocycles. The van der Waals surface area contributed by atoms with E-state index in [1.54, 1.807) is 19.2 Å². The molecule has 4 nitrogen and oxygen atoms in total. The van der Waals surface area contributed by atoms with E-state index in [1.165, 1.54) is 0 Å². The Balaban J connectivity index is 1.71. The number of benzene rings is 2. The van der Waals surface area contributed by atoms with Crippen LogP contribution >= 0.6 is 0 Å². The molecule has 24 heavy (non-hydrogen) atoms. The third-order valence-corrected chi connectivity index (χ3v) is 3.91. The van der Waals surface area contributed by atoms with Gasteiger partial charge in [0.15, 0.2) is 0 Å². The predicted octanol–water partition coefficient (Wildman–Crippen LogP) is 3.90. The average Bonchev–Trinajstić information content (AvgIpc) is 2.62. The van der Waals surface area contributed by atoms with E-state index in [0.717, 1.165) is 23.3 Å². The fourth-order valence-corrected chi connectivity index (χ4v) is 2.42. The van der Waals surface area contributed by atoms with Gasteiger partial charge in [0, 0.05) is 18.7 Å². The van der Waals surface area contributed by atoms with Crippen molar-refractivity contribution in [1.82, 2.24) is 5.32 Å². The molecule has 2 rings (SSSR count). The average molecular weight is 327 g/mol. The Hall–Kier alpha value is -2.33. The lowest BCUT2D eigenvalue weighted by Crippen LogP contribution is -2.25. The minimum absolute atomic E-state index is 0.0586. The maximum absolute atomic E-state index is 12.1. The van der Waals surface area contributed by atoms with Crippen molar-refractivity contribution in [1.29, 1.82) is 0 Å². The first-order chi connectivity index (χ1) is 11.6.